The molecule has 1 atom stereocenters. The summed E-state index contributed by atoms with van der Waals surface area (Å²) in [7, 11) is 0. The van der Waals surface area contributed by atoms with E-state index in [-0.39, 0.29) is 18.5 Å². The van der Waals surface area contributed by atoms with E-state index < -0.39 is 5.60 Å². The molecule has 1 fully saturated rings. The molecule has 0 aromatic carbocycles. The Kier molecular flexibility index (Phi) is 7.05. The van der Waals surface area contributed by atoms with E-state index in [9.17, 15) is 9.59 Å². The lowest BCUT2D eigenvalue weighted by Gasteiger charge is -2.34. The summed E-state index contributed by atoms with van der Waals surface area (Å²) in [6.45, 7) is 7.85. The number of nitrogens with one attached hydrogen (secondary N) is 1. The number of aromatic nitrogens is 1. The lowest BCUT2D eigenvalue weighted by molar-refractivity contribution is 0.0155. The predicted molar refractivity (Wildman–Crippen MR) is 95.7 cm³/mol. The molecule has 6 heteroatoms. The Hall–Kier alpha value is -1.82. The van der Waals surface area contributed by atoms with Crippen molar-refractivity contribution >= 4 is 11.9 Å². The van der Waals surface area contributed by atoms with E-state index in [0.717, 1.165) is 38.8 Å². The van der Waals surface area contributed by atoms with Crippen molar-refractivity contribution in [1.82, 2.24) is 9.88 Å². The Morgan fingerprint density at radius 2 is 2.16 bits per heavy atom. The second kappa shape index (κ2) is 9.04. The smallest absolute Gasteiger partial charge is 0.410 e. The lowest BCUT2D eigenvalue weighted by Crippen LogP contribution is -2.42. The summed E-state index contributed by atoms with van der Waals surface area (Å²) < 4.78 is 10.9. The van der Waals surface area contributed by atoms with Crippen molar-refractivity contribution in [3.63, 3.8) is 0 Å². The molecule has 140 valence electrons. The van der Waals surface area contributed by atoms with Gasteiger partial charge in [0.05, 0.1) is 5.69 Å². The van der Waals surface area contributed by atoms with Crippen molar-refractivity contribution < 1.29 is 19.1 Å². The van der Waals surface area contributed by atoms with E-state index >= 15 is 0 Å². The van der Waals surface area contributed by atoms with Crippen LogP contribution in [0, 0.1) is 5.92 Å². The molecule has 2 heterocycles. The Morgan fingerprint density at radius 1 is 1.36 bits per heavy atom. The van der Waals surface area contributed by atoms with Gasteiger partial charge in [0.25, 0.3) is 0 Å². The molecular formula is C19H30N2O4. The molecule has 1 amide bonds. The van der Waals surface area contributed by atoms with Gasteiger partial charge in [-0.2, -0.15) is 0 Å². The molecule has 0 aliphatic carbocycles. The summed E-state index contributed by atoms with van der Waals surface area (Å²) in [6, 6.07) is 3.55. The maximum absolute atomic E-state index is 12.2. The van der Waals surface area contributed by atoms with Gasteiger partial charge in [-0.25, -0.2) is 4.79 Å². The molecule has 1 aliphatic heterocycles. The van der Waals surface area contributed by atoms with Crippen LogP contribution in [0.2, 0.25) is 0 Å². The first-order valence-corrected chi connectivity index (χ1v) is 9.07. The predicted octanol–water partition coefficient (Wildman–Crippen LogP) is 3.64. The molecule has 1 aliphatic rings. The third kappa shape index (κ3) is 6.90. The molecule has 0 radical (unpaired) electrons. The second-order valence-electron chi connectivity index (χ2n) is 7.64. The Bertz CT molecular complexity index is 548. The first-order valence-electron chi connectivity index (χ1n) is 9.07. The normalized spacial score (nSPS) is 18.2. The highest BCUT2D eigenvalue weighted by Crippen LogP contribution is 2.22. The van der Waals surface area contributed by atoms with E-state index in [2.05, 4.69) is 4.98 Å². The van der Waals surface area contributed by atoms with Crippen molar-refractivity contribution in [1.29, 1.82) is 0 Å². The van der Waals surface area contributed by atoms with Crippen LogP contribution < -0.4 is 0 Å². The number of rotatable bonds is 7. The van der Waals surface area contributed by atoms with Crippen LogP contribution in [0.1, 0.15) is 56.9 Å². The van der Waals surface area contributed by atoms with Gasteiger partial charge in [0.1, 0.15) is 12.2 Å². The average Bonchev–Trinajstić information content (AvgIpc) is 3.07. The number of carbonyl (C=O) groups is 2. The fraction of sp³-hybridized carbons (Fsp3) is 0.684. The molecule has 1 N–H and O–H groups in total. The zero-order valence-electron chi connectivity index (χ0n) is 15.5. The first kappa shape index (κ1) is 19.5. The molecule has 0 bridgehead atoms. The third-order valence-electron chi connectivity index (χ3n) is 4.20. The van der Waals surface area contributed by atoms with Crippen molar-refractivity contribution in [2.75, 3.05) is 26.3 Å². The largest absolute Gasteiger partial charge is 0.444 e. The van der Waals surface area contributed by atoms with Crippen molar-refractivity contribution in [3.05, 3.63) is 24.0 Å². The van der Waals surface area contributed by atoms with Gasteiger partial charge in [-0.05, 0) is 64.5 Å². The van der Waals surface area contributed by atoms with Gasteiger partial charge in [-0.3, -0.25) is 4.79 Å². The SMILES string of the molecule is CC(C)(C)OC(=O)N1CCC[C@@H](CCCOCC(=O)c2ccc[nH]2)C1. The number of piperidine rings is 1. The van der Waals surface area contributed by atoms with Crippen molar-refractivity contribution in [2.45, 2.75) is 52.1 Å². The van der Waals surface area contributed by atoms with Gasteiger partial charge in [0.2, 0.25) is 5.78 Å². The topological polar surface area (TPSA) is 71.6 Å². The lowest BCUT2D eigenvalue weighted by atomic mass is 9.94. The van der Waals surface area contributed by atoms with E-state index in [1.54, 1.807) is 18.3 Å². The number of aromatic amines is 1. The number of H-pyrrole nitrogens is 1. The highest BCUT2D eigenvalue weighted by atomic mass is 16.6. The minimum atomic E-state index is -0.455. The zero-order valence-corrected chi connectivity index (χ0v) is 15.5. The van der Waals surface area contributed by atoms with Gasteiger partial charge in [-0.1, -0.05) is 0 Å². The summed E-state index contributed by atoms with van der Waals surface area (Å²) >= 11 is 0. The van der Waals surface area contributed by atoms with Crippen LogP contribution in [-0.2, 0) is 9.47 Å². The third-order valence-corrected chi connectivity index (χ3v) is 4.20. The quantitative estimate of drug-likeness (QED) is 0.602. The number of amides is 1. The van der Waals surface area contributed by atoms with E-state index in [1.807, 2.05) is 25.7 Å². The Balaban J connectivity index is 1.62. The number of Topliss-reactive ketones (excluding diaryl/α,β-unsaturated/α-hetero) is 1. The van der Waals surface area contributed by atoms with Crippen LogP contribution in [0.25, 0.3) is 0 Å². The number of carbonyl (C=O) groups excluding carboxylic acids is 2. The van der Waals surface area contributed by atoms with Gasteiger partial charge in [0.15, 0.2) is 0 Å². The Morgan fingerprint density at radius 3 is 2.84 bits per heavy atom. The minimum absolute atomic E-state index is 0.0289. The maximum atomic E-state index is 12.2. The van der Waals surface area contributed by atoms with Crippen molar-refractivity contribution in [3.8, 4) is 0 Å². The minimum Gasteiger partial charge on any atom is -0.444 e. The molecule has 0 unspecified atom stereocenters. The van der Waals surface area contributed by atoms with Gasteiger partial charge in [0, 0.05) is 25.9 Å². The van der Waals surface area contributed by atoms with Crippen LogP contribution in [0.15, 0.2) is 18.3 Å². The molecule has 0 saturated carbocycles. The Labute approximate surface area is 149 Å². The van der Waals surface area contributed by atoms with Gasteiger partial charge in [-0.15, -0.1) is 0 Å². The fourth-order valence-electron chi connectivity index (χ4n) is 3.01. The molecular weight excluding hydrogens is 320 g/mol. The van der Waals surface area contributed by atoms with E-state index in [4.69, 9.17) is 9.47 Å². The molecule has 6 nitrogen and oxygen atoms in total. The summed E-state index contributed by atoms with van der Waals surface area (Å²) in [4.78, 5) is 28.6. The average molecular weight is 350 g/mol. The molecule has 25 heavy (non-hydrogen) atoms. The highest BCUT2D eigenvalue weighted by molar-refractivity contribution is 5.95. The number of likely N-dealkylation sites (tertiary alicyclic amines) is 1. The summed E-state index contributed by atoms with van der Waals surface area (Å²) in [6.07, 6.45) is 5.54. The van der Waals surface area contributed by atoms with E-state index in [0.29, 0.717) is 18.2 Å². The number of ketones is 1. The summed E-state index contributed by atoms with van der Waals surface area (Å²) in [5.74, 6) is 0.447. The molecule has 2 rings (SSSR count). The van der Waals surface area contributed by atoms with Crippen LogP contribution >= 0.6 is 0 Å². The molecule has 0 spiro atoms. The van der Waals surface area contributed by atoms with Crippen LogP contribution in [0.3, 0.4) is 0 Å². The monoisotopic (exact) mass is 350 g/mol. The molecule has 1 aromatic rings. The maximum Gasteiger partial charge on any atom is 0.410 e. The highest BCUT2D eigenvalue weighted by Gasteiger charge is 2.27. The first-order chi connectivity index (χ1) is 11.8. The van der Waals surface area contributed by atoms with E-state index in [1.165, 1.54) is 0 Å². The number of ether oxygens (including phenoxy) is 2. The zero-order chi connectivity index (χ0) is 18.3. The number of hydrogen-bond donors (Lipinski definition) is 1. The van der Waals surface area contributed by atoms with Crippen LogP contribution in [0.5, 0.6) is 0 Å². The van der Waals surface area contributed by atoms with Crippen molar-refractivity contribution in [2.24, 2.45) is 5.92 Å². The fourth-order valence-corrected chi connectivity index (χ4v) is 3.01. The molecule has 1 aromatic heterocycles. The molecule has 1 saturated heterocycles. The second-order valence-corrected chi connectivity index (χ2v) is 7.64. The summed E-state index contributed by atoms with van der Waals surface area (Å²) in [5, 5.41) is 0. The summed E-state index contributed by atoms with van der Waals surface area (Å²) in [5.41, 5.74) is 0.129. The number of hydrogen-bond acceptors (Lipinski definition) is 4. The van der Waals surface area contributed by atoms with Gasteiger partial charge < -0.3 is 19.4 Å². The number of nitrogens with zero attached hydrogens (tertiary/aromatic N) is 1. The van der Waals surface area contributed by atoms with Crippen LogP contribution in [0.4, 0.5) is 4.79 Å². The van der Waals surface area contributed by atoms with Crippen LogP contribution in [-0.4, -0.2) is 53.7 Å². The van der Waals surface area contributed by atoms with Gasteiger partial charge >= 0.3 is 6.09 Å². The standard InChI is InChI=1S/C19H30N2O4/c1-19(2,3)25-18(23)21-11-5-7-15(13-21)8-6-12-24-14-17(22)16-9-4-10-20-16/h4,9-10,15,20H,5-8,11-14H2,1-3H3/t15-/m0/s1.